The maximum absolute atomic E-state index is 11.2. The smallest absolute Gasteiger partial charge is 0.356 e. The predicted octanol–water partition coefficient (Wildman–Crippen LogP) is 0.987. The second kappa shape index (κ2) is 3.90. The molecule has 4 heteroatoms. The molecular weight excluding hydrogens is 156 g/mol. The van der Waals surface area contributed by atoms with E-state index in [4.69, 9.17) is 4.74 Å². The number of carbonyl (C=O) groups excluding carboxylic acids is 1. The van der Waals surface area contributed by atoms with Crippen molar-refractivity contribution in [1.29, 1.82) is 0 Å². The first-order valence-corrected chi connectivity index (χ1v) is 3.91. The van der Waals surface area contributed by atoms with Crippen LogP contribution in [0.1, 0.15) is 23.8 Å². The summed E-state index contributed by atoms with van der Waals surface area (Å²) in [7, 11) is 1.71. The molecule has 4 nitrogen and oxygen atoms in total. The molecule has 0 aliphatic carbocycles. The molecule has 0 aliphatic rings. The van der Waals surface area contributed by atoms with Crippen LogP contribution in [0.15, 0.2) is 12.3 Å². The standard InChI is InChI=1S/C8H12N2O2/c1-3-6-12-8(11)7-4-5-9-10(7)2/h4-5H,3,6H2,1-2H3. The Kier molecular flexibility index (Phi) is 2.85. The molecule has 0 saturated carbocycles. The number of hydrogen-bond donors (Lipinski definition) is 0. The van der Waals surface area contributed by atoms with Gasteiger partial charge in [-0.2, -0.15) is 5.10 Å². The topological polar surface area (TPSA) is 44.1 Å². The normalized spacial score (nSPS) is 9.83. The summed E-state index contributed by atoms with van der Waals surface area (Å²) in [5, 5.41) is 3.86. The Balaban J connectivity index is 2.59. The van der Waals surface area contributed by atoms with Crippen LogP contribution >= 0.6 is 0 Å². The van der Waals surface area contributed by atoms with E-state index in [-0.39, 0.29) is 5.97 Å². The summed E-state index contributed by atoms with van der Waals surface area (Å²) in [6.07, 6.45) is 2.41. The van der Waals surface area contributed by atoms with Crippen molar-refractivity contribution in [2.75, 3.05) is 6.61 Å². The zero-order chi connectivity index (χ0) is 8.97. The van der Waals surface area contributed by atoms with Gasteiger partial charge in [-0.1, -0.05) is 6.92 Å². The minimum atomic E-state index is -0.308. The summed E-state index contributed by atoms with van der Waals surface area (Å²) in [6, 6.07) is 1.64. The Bertz CT molecular complexity index is 268. The molecule has 1 rings (SSSR count). The number of esters is 1. The van der Waals surface area contributed by atoms with E-state index in [1.807, 2.05) is 6.92 Å². The van der Waals surface area contributed by atoms with E-state index in [2.05, 4.69) is 5.10 Å². The van der Waals surface area contributed by atoms with Gasteiger partial charge < -0.3 is 4.74 Å². The number of nitrogens with zero attached hydrogens (tertiary/aromatic N) is 2. The summed E-state index contributed by atoms with van der Waals surface area (Å²) in [5.41, 5.74) is 0.489. The van der Waals surface area contributed by atoms with Crippen molar-refractivity contribution in [1.82, 2.24) is 9.78 Å². The van der Waals surface area contributed by atoms with Crippen LogP contribution in [0.5, 0.6) is 0 Å². The first-order valence-electron chi connectivity index (χ1n) is 3.91. The van der Waals surface area contributed by atoms with Crippen molar-refractivity contribution in [3.05, 3.63) is 18.0 Å². The zero-order valence-electron chi connectivity index (χ0n) is 7.28. The summed E-state index contributed by atoms with van der Waals surface area (Å²) < 4.78 is 6.41. The van der Waals surface area contributed by atoms with Crippen LogP contribution in [0.4, 0.5) is 0 Å². The summed E-state index contributed by atoms with van der Waals surface area (Å²) in [4.78, 5) is 11.2. The molecule has 0 unspecified atom stereocenters. The highest BCUT2D eigenvalue weighted by molar-refractivity contribution is 5.87. The highest BCUT2D eigenvalue weighted by Crippen LogP contribution is 1.99. The molecule has 1 aromatic rings. The van der Waals surface area contributed by atoms with Gasteiger partial charge in [-0.05, 0) is 12.5 Å². The number of carbonyl (C=O) groups is 1. The first-order chi connectivity index (χ1) is 5.75. The van der Waals surface area contributed by atoms with Crippen molar-refractivity contribution >= 4 is 5.97 Å². The Hall–Kier alpha value is -1.32. The summed E-state index contributed by atoms with van der Waals surface area (Å²) in [6.45, 7) is 2.42. The van der Waals surface area contributed by atoms with Gasteiger partial charge in [-0.15, -0.1) is 0 Å². The van der Waals surface area contributed by atoms with Crippen molar-refractivity contribution in [2.45, 2.75) is 13.3 Å². The van der Waals surface area contributed by atoms with Gasteiger partial charge in [0.15, 0.2) is 0 Å². The third kappa shape index (κ3) is 1.84. The number of aryl methyl sites for hydroxylation is 1. The van der Waals surface area contributed by atoms with E-state index < -0.39 is 0 Å². The first kappa shape index (κ1) is 8.77. The van der Waals surface area contributed by atoms with E-state index in [1.54, 1.807) is 19.3 Å². The fraction of sp³-hybridized carbons (Fsp3) is 0.500. The average molecular weight is 168 g/mol. The third-order valence-electron chi connectivity index (χ3n) is 1.47. The Morgan fingerprint density at radius 2 is 2.50 bits per heavy atom. The van der Waals surface area contributed by atoms with Crippen molar-refractivity contribution in [3.63, 3.8) is 0 Å². The molecule has 0 spiro atoms. The van der Waals surface area contributed by atoms with Gasteiger partial charge in [0, 0.05) is 13.2 Å². The van der Waals surface area contributed by atoms with E-state index in [0.717, 1.165) is 6.42 Å². The second-order valence-electron chi connectivity index (χ2n) is 2.48. The van der Waals surface area contributed by atoms with Gasteiger partial charge in [0.05, 0.1) is 6.61 Å². The maximum atomic E-state index is 11.2. The van der Waals surface area contributed by atoms with Crippen LogP contribution in [-0.4, -0.2) is 22.4 Å². The molecule has 0 N–H and O–H groups in total. The lowest BCUT2D eigenvalue weighted by Crippen LogP contribution is -2.10. The molecule has 1 aromatic heterocycles. The Morgan fingerprint density at radius 1 is 1.75 bits per heavy atom. The molecule has 0 aromatic carbocycles. The minimum Gasteiger partial charge on any atom is -0.461 e. The fourth-order valence-electron chi connectivity index (χ4n) is 0.843. The molecule has 12 heavy (non-hydrogen) atoms. The fourth-order valence-corrected chi connectivity index (χ4v) is 0.843. The highest BCUT2D eigenvalue weighted by Gasteiger charge is 2.09. The molecule has 0 radical (unpaired) electrons. The van der Waals surface area contributed by atoms with E-state index in [0.29, 0.717) is 12.3 Å². The van der Waals surface area contributed by atoms with Gasteiger partial charge in [0.1, 0.15) is 5.69 Å². The monoisotopic (exact) mass is 168 g/mol. The molecule has 0 atom stereocenters. The van der Waals surface area contributed by atoms with E-state index >= 15 is 0 Å². The van der Waals surface area contributed by atoms with Crippen LogP contribution < -0.4 is 0 Å². The number of rotatable bonds is 3. The van der Waals surface area contributed by atoms with Crippen LogP contribution in [0.2, 0.25) is 0 Å². The van der Waals surface area contributed by atoms with Crippen LogP contribution in [-0.2, 0) is 11.8 Å². The summed E-state index contributed by atoms with van der Waals surface area (Å²) in [5.74, 6) is -0.308. The second-order valence-corrected chi connectivity index (χ2v) is 2.48. The molecule has 0 saturated heterocycles. The van der Waals surface area contributed by atoms with Gasteiger partial charge in [0.2, 0.25) is 0 Å². The maximum Gasteiger partial charge on any atom is 0.356 e. The number of hydrogen-bond acceptors (Lipinski definition) is 3. The predicted molar refractivity (Wildman–Crippen MR) is 43.8 cm³/mol. The lowest BCUT2D eigenvalue weighted by atomic mass is 10.4. The van der Waals surface area contributed by atoms with Gasteiger partial charge in [-0.25, -0.2) is 4.79 Å². The highest BCUT2D eigenvalue weighted by atomic mass is 16.5. The van der Waals surface area contributed by atoms with Gasteiger partial charge >= 0.3 is 5.97 Å². The van der Waals surface area contributed by atoms with Gasteiger partial charge in [0.25, 0.3) is 0 Å². The van der Waals surface area contributed by atoms with Gasteiger partial charge in [-0.3, -0.25) is 4.68 Å². The SMILES string of the molecule is CCCOC(=O)c1ccnn1C. The van der Waals surface area contributed by atoms with E-state index in [1.165, 1.54) is 4.68 Å². The van der Waals surface area contributed by atoms with E-state index in [9.17, 15) is 4.79 Å². The summed E-state index contributed by atoms with van der Waals surface area (Å²) >= 11 is 0. The van der Waals surface area contributed by atoms with Crippen LogP contribution in [0.25, 0.3) is 0 Å². The molecule has 0 fully saturated rings. The lowest BCUT2D eigenvalue weighted by molar-refractivity contribution is 0.0492. The molecule has 0 bridgehead atoms. The largest absolute Gasteiger partial charge is 0.461 e. The zero-order valence-corrected chi connectivity index (χ0v) is 7.28. The average Bonchev–Trinajstić information content (AvgIpc) is 2.47. The Morgan fingerprint density at radius 3 is 3.00 bits per heavy atom. The van der Waals surface area contributed by atoms with Crippen molar-refractivity contribution in [3.8, 4) is 0 Å². The van der Waals surface area contributed by atoms with Crippen LogP contribution in [0.3, 0.4) is 0 Å². The molecule has 0 aliphatic heterocycles. The molecule has 0 amide bonds. The molecule has 66 valence electrons. The molecular formula is C8H12N2O2. The van der Waals surface area contributed by atoms with Crippen molar-refractivity contribution < 1.29 is 9.53 Å². The van der Waals surface area contributed by atoms with Crippen molar-refractivity contribution in [2.24, 2.45) is 7.05 Å². The third-order valence-corrected chi connectivity index (χ3v) is 1.47. The lowest BCUT2D eigenvalue weighted by Gasteiger charge is -2.01. The Labute approximate surface area is 71.1 Å². The minimum absolute atomic E-state index is 0.308. The number of ether oxygens (including phenoxy) is 1. The number of aromatic nitrogens is 2. The molecule has 1 heterocycles. The quantitative estimate of drug-likeness (QED) is 0.632. The van der Waals surface area contributed by atoms with Crippen LogP contribution in [0, 0.1) is 0 Å².